The van der Waals surface area contributed by atoms with E-state index in [9.17, 15) is 23.7 Å². The topological polar surface area (TPSA) is 81.5 Å². The fourth-order valence-corrected chi connectivity index (χ4v) is 1.91. The molecule has 2 aromatic rings. The number of ether oxygens (including phenoxy) is 1. The lowest BCUT2D eigenvalue weighted by atomic mass is 10.1. The van der Waals surface area contributed by atoms with Crippen molar-refractivity contribution in [3.05, 3.63) is 69.3 Å². The Balaban J connectivity index is 2.16. The molecule has 0 bridgehead atoms. The molecule has 0 saturated heterocycles. The summed E-state index contributed by atoms with van der Waals surface area (Å²) in [5, 5.41) is 13.6. The SMILES string of the molecule is CNc1ccc(C(=O)OCc2cccc(F)c2F)cc1[N+](=O)[O-]. The van der Waals surface area contributed by atoms with Gasteiger partial charge in [-0.25, -0.2) is 13.6 Å². The van der Waals surface area contributed by atoms with Crippen molar-refractivity contribution in [3.63, 3.8) is 0 Å². The number of nitro groups is 1. The molecule has 0 fully saturated rings. The Labute approximate surface area is 129 Å². The predicted octanol–water partition coefficient (Wildman–Crippen LogP) is 3.27. The van der Waals surface area contributed by atoms with Crippen LogP contribution in [0.4, 0.5) is 20.2 Å². The zero-order chi connectivity index (χ0) is 17.0. The van der Waals surface area contributed by atoms with Crippen LogP contribution in [-0.2, 0) is 11.3 Å². The molecule has 1 N–H and O–H groups in total. The average Bonchev–Trinajstić information content (AvgIpc) is 2.55. The van der Waals surface area contributed by atoms with Crippen LogP contribution in [0.1, 0.15) is 15.9 Å². The molecule has 8 heteroatoms. The summed E-state index contributed by atoms with van der Waals surface area (Å²) in [4.78, 5) is 22.2. The van der Waals surface area contributed by atoms with Gasteiger partial charge in [0.25, 0.3) is 5.69 Å². The molecule has 0 radical (unpaired) electrons. The second-order valence-electron chi connectivity index (χ2n) is 4.53. The Morgan fingerprint density at radius 1 is 1.30 bits per heavy atom. The molecule has 120 valence electrons. The molecule has 0 aromatic heterocycles. The first-order valence-corrected chi connectivity index (χ1v) is 6.50. The summed E-state index contributed by atoms with van der Waals surface area (Å²) in [5.74, 6) is -3.02. The molecule has 2 aromatic carbocycles. The minimum Gasteiger partial charge on any atom is -0.457 e. The Bertz CT molecular complexity index is 765. The van der Waals surface area contributed by atoms with Crippen molar-refractivity contribution in [1.82, 2.24) is 0 Å². The Morgan fingerprint density at radius 2 is 2.04 bits per heavy atom. The van der Waals surface area contributed by atoms with Gasteiger partial charge in [-0.05, 0) is 18.2 Å². The highest BCUT2D eigenvalue weighted by molar-refractivity contribution is 5.91. The van der Waals surface area contributed by atoms with Crippen molar-refractivity contribution in [2.45, 2.75) is 6.61 Å². The maximum atomic E-state index is 13.5. The number of halogens is 2. The number of anilines is 1. The van der Waals surface area contributed by atoms with Gasteiger partial charge in [0, 0.05) is 18.7 Å². The van der Waals surface area contributed by atoms with Gasteiger partial charge in [-0.1, -0.05) is 12.1 Å². The lowest BCUT2D eigenvalue weighted by molar-refractivity contribution is -0.384. The van der Waals surface area contributed by atoms with Crippen LogP contribution in [-0.4, -0.2) is 17.9 Å². The van der Waals surface area contributed by atoms with Gasteiger partial charge in [0.2, 0.25) is 0 Å². The summed E-state index contributed by atoms with van der Waals surface area (Å²) in [6, 6.07) is 7.25. The first-order chi connectivity index (χ1) is 10.9. The number of hydrogen-bond donors (Lipinski definition) is 1. The molecule has 0 amide bonds. The van der Waals surface area contributed by atoms with Crippen LogP contribution in [0.3, 0.4) is 0 Å². The largest absolute Gasteiger partial charge is 0.457 e. The van der Waals surface area contributed by atoms with E-state index in [0.717, 1.165) is 12.1 Å². The average molecular weight is 322 g/mol. The number of hydrogen-bond acceptors (Lipinski definition) is 5. The van der Waals surface area contributed by atoms with Crippen LogP contribution in [0.5, 0.6) is 0 Å². The van der Waals surface area contributed by atoms with Gasteiger partial charge < -0.3 is 10.1 Å². The van der Waals surface area contributed by atoms with E-state index in [1.165, 1.54) is 31.3 Å². The first-order valence-electron chi connectivity index (χ1n) is 6.50. The van der Waals surface area contributed by atoms with Gasteiger partial charge in [0.05, 0.1) is 10.5 Å². The van der Waals surface area contributed by atoms with Crippen molar-refractivity contribution in [2.75, 3.05) is 12.4 Å². The number of benzene rings is 2. The molecule has 23 heavy (non-hydrogen) atoms. The molecule has 0 aliphatic heterocycles. The third kappa shape index (κ3) is 3.60. The van der Waals surface area contributed by atoms with E-state index in [0.29, 0.717) is 0 Å². The lowest BCUT2D eigenvalue weighted by Crippen LogP contribution is -2.08. The summed E-state index contributed by atoms with van der Waals surface area (Å²) >= 11 is 0. The summed E-state index contributed by atoms with van der Waals surface area (Å²) in [6.45, 7) is -0.482. The van der Waals surface area contributed by atoms with Crippen LogP contribution in [0, 0.1) is 21.7 Å². The molecule has 0 aliphatic carbocycles. The smallest absolute Gasteiger partial charge is 0.338 e. The van der Waals surface area contributed by atoms with Crippen molar-refractivity contribution < 1.29 is 23.2 Å². The van der Waals surface area contributed by atoms with E-state index in [2.05, 4.69) is 5.32 Å². The molecule has 0 unspecified atom stereocenters. The second kappa shape index (κ2) is 6.82. The predicted molar refractivity (Wildman–Crippen MR) is 78.1 cm³/mol. The zero-order valence-corrected chi connectivity index (χ0v) is 12.0. The lowest BCUT2D eigenvalue weighted by Gasteiger charge is -2.07. The third-order valence-corrected chi connectivity index (χ3v) is 3.09. The van der Waals surface area contributed by atoms with Crippen molar-refractivity contribution in [1.29, 1.82) is 0 Å². The Morgan fingerprint density at radius 3 is 2.70 bits per heavy atom. The van der Waals surface area contributed by atoms with Gasteiger partial charge in [0.15, 0.2) is 11.6 Å². The number of nitrogens with one attached hydrogen (secondary N) is 1. The number of carbonyl (C=O) groups excluding carboxylic acids is 1. The van der Waals surface area contributed by atoms with Crippen molar-refractivity contribution in [3.8, 4) is 0 Å². The van der Waals surface area contributed by atoms with Crippen LogP contribution < -0.4 is 5.32 Å². The number of nitro benzene ring substituents is 1. The van der Waals surface area contributed by atoms with Crippen molar-refractivity contribution in [2.24, 2.45) is 0 Å². The van der Waals surface area contributed by atoms with E-state index in [1.807, 2.05) is 0 Å². The summed E-state index contributed by atoms with van der Waals surface area (Å²) < 4.78 is 31.4. The van der Waals surface area contributed by atoms with Gasteiger partial charge in [-0.15, -0.1) is 0 Å². The summed E-state index contributed by atoms with van der Waals surface area (Å²) in [6.07, 6.45) is 0. The molecule has 2 rings (SSSR count). The van der Waals surface area contributed by atoms with Crippen LogP contribution in [0.15, 0.2) is 36.4 Å². The molecule has 0 heterocycles. The summed E-state index contributed by atoms with van der Waals surface area (Å²) in [5.41, 5.74) is -0.242. The number of nitrogens with zero attached hydrogens (tertiary/aromatic N) is 1. The molecule has 0 aliphatic rings. The van der Waals surface area contributed by atoms with E-state index >= 15 is 0 Å². The highest BCUT2D eigenvalue weighted by Gasteiger charge is 2.18. The Hall–Kier alpha value is -3.03. The number of carbonyl (C=O) groups is 1. The van der Waals surface area contributed by atoms with E-state index in [4.69, 9.17) is 4.74 Å². The third-order valence-electron chi connectivity index (χ3n) is 3.09. The minimum absolute atomic E-state index is 0.0625. The molecule has 0 spiro atoms. The van der Waals surface area contributed by atoms with Crippen molar-refractivity contribution >= 4 is 17.3 Å². The highest BCUT2D eigenvalue weighted by atomic mass is 19.2. The van der Waals surface area contributed by atoms with Crippen LogP contribution in [0.2, 0.25) is 0 Å². The molecular formula is C15H12F2N2O4. The van der Waals surface area contributed by atoms with Gasteiger partial charge in [0.1, 0.15) is 12.3 Å². The maximum Gasteiger partial charge on any atom is 0.338 e. The normalized spacial score (nSPS) is 10.2. The monoisotopic (exact) mass is 322 g/mol. The zero-order valence-electron chi connectivity index (χ0n) is 12.0. The number of rotatable bonds is 5. The second-order valence-corrected chi connectivity index (χ2v) is 4.53. The Kier molecular flexibility index (Phi) is 4.85. The van der Waals surface area contributed by atoms with E-state index in [-0.39, 0.29) is 22.5 Å². The summed E-state index contributed by atoms with van der Waals surface area (Å²) in [7, 11) is 1.51. The minimum atomic E-state index is -1.10. The van der Waals surface area contributed by atoms with Gasteiger partial charge >= 0.3 is 5.97 Å². The van der Waals surface area contributed by atoms with Crippen LogP contribution >= 0.6 is 0 Å². The molecule has 0 atom stereocenters. The maximum absolute atomic E-state index is 13.5. The quantitative estimate of drug-likeness (QED) is 0.519. The van der Waals surface area contributed by atoms with Crippen LogP contribution in [0.25, 0.3) is 0 Å². The fraction of sp³-hybridized carbons (Fsp3) is 0.133. The molecular weight excluding hydrogens is 310 g/mol. The van der Waals surface area contributed by atoms with E-state index < -0.39 is 29.1 Å². The van der Waals surface area contributed by atoms with E-state index in [1.54, 1.807) is 0 Å². The first kappa shape index (κ1) is 16.3. The fourth-order valence-electron chi connectivity index (χ4n) is 1.91. The standard InChI is InChI=1S/C15H12F2N2O4/c1-18-12-6-5-9(7-13(12)19(21)22)15(20)23-8-10-3-2-4-11(16)14(10)17/h2-7,18H,8H2,1H3. The number of esters is 1. The molecule has 6 nitrogen and oxygen atoms in total. The van der Waals surface area contributed by atoms with Gasteiger partial charge in [-0.3, -0.25) is 10.1 Å². The van der Waals surface area contributed by atoms with Gasteiger partial charge in [-0.2, -0.15) is 0 Å². The highest BCUT2D eigenvalue weighted by Crippen LogP contribution is 2.25. The molecule has 0 saturated carbocycles.